The van der Waals surface area contributed by atoms with Crippen LogP contribution < -0.4 is 10.6 Å². The zero-order chi connectivity index (χ0) is 20.1. The van der Waals surface area contributed by atoms with Gasteiger partial charge in [-0.25, -0.2) is 9.37 Å². The quantitative estimate of drug-likeness (QED) is 0.464. The molecule has 0 fully saturated rings. The lowest BCUT2D eigenvalue weighted by atomic mass is 10.1. The fraction of sp³-hybridized carbons (Fsp3) is 0.136. The normalized spacial score (nSPS) is 10.7. The molecule has 0 bridgehead atoms. The second-order valence-corrected chi connectivity index (χ2v) is 6.54. The molecule has 4 rings (SSSR count). The SMILES string of the molecule is Cc1cc(Nc2cc(-c3ccccc3)nc(NCCc3ccccc3F)n2)no1. The van der Waals surface area contributed by atoms with Crippen molar-refractivity contribution in [2.45, 2.75) is 13.3 Å². The van der Waals surface area contributed by atoms with Crippen LogP contribution in [0.2, 0.25) is 0 Å². The monoisotopic (exact) mass is 389 g/mol. The molecule has 0 amide bonds. The molecule has 0 unspecified atom stereocenters. The summed E-state index contributed by atoms with van der Waals surface area (Å²) in [4.78, 5) is 9.11. The van der Waals surface area contributed by atoms with Crippen molar-refractivity contribution in [2.24, 2.45) is 0 Å². The summed E-state index contributed by atoms with van der Waals surface area (Å²) in [6, 6.07) is 20.2. The molecule has 0 aliphatic rings. The number of nitrogens with zero attached hydrogens (tertiary/aromatic N) is 3. The molecule has 0 aliphatic carbocycles. The van der Waals surface area contributed by atoms with E-state index in [9.17, 15) is 4.39 Å². The lowest BCUT2D eigenvalue weighted by Crippen LogP contribution is -2.10. The largest absolute Gasteiger partial charge is 0.360 e. The second kappa shape index (κ2) is 8.52. The highest BCUT2D eigenvalue weighted by Crippen LogP contribution is 2.23. The summed E-state index contributed by atoms with van der Waals surface area (Å²) in [5.74, 6) is 2.09. The summed E-state index contributed by atoms with van der Waals surface area (Å²) in [6.07, 6.45) is 0.525. The van der Waals surface area contributed by atoms with E-state index in [1.54, 1.807) is 18.2 Å². The van der Waals surface area contributed by atoms with E-state index in [2.05, 4.69) is 25.8 Å². The third kappa shape index (κ3) is 4.76. The van der Waals surface area contributed by atoms with Crippen LogP contribution in [0.15, 0.2) is 71.3 Å². The Kier molecular flexibility index (Phi) is 5.47. The van der Waals surface area contributed by atoms with Crippen LogP contribution in [-0.2, 0) is 6.42 Å². The molecule has 0 aliphatic heterocycles. The smallest absolute Gasteiger partial charge is 0.225 e. The van der Waals surface area contributed by atoms with Crippen LogP contribution in [0, 0.1) is 12.7 Å². The molecule has 2 N–H and O–H groups in total. The third-order valence-electron chi connectivity index (χ3n) is 4.32. The zero-order valence-electron chi connectivity index (χ0n) is 15.9. The lowest BCUT2D eigenvalue weighted by Gasteiger charge is -2.11. The first-order chi connectivity index (χ1) is 14.2. The molecule has 0 saturated heterocycles. The topological polar surface area (TPSA) is 75.9 Å². The van der Waals surface area contributed by atoms with Crippen molar-refractivity contribution in [2.75, 3.05) is 17.2 Å². The standard InChI is InChI=1S/C22H20FN5O/c1-15-13-21(28-29-15)26-20-14-19(17-8-3-2-4-9-17)25-22(27-20)24-12-11-16-7-5-6-10-18(16)23/h2-10,13-14H,11-12H2,1H3,(H2,24,25,26,27,28). The fourth-order valence-electron chi connectivity index (χ4n) is 2.91. The Morgan fingerprint density at radius 1 is 0.931 bits per heavy atom. The number of nitrogens with one attached hydrogen (secondary N) is 2. The fourth-order valence-corrected chi connectivity index (χ4v) is 2.91. The van der Waals surface area contributed by atoms with Crippen molar-refractivity contribution in [1.82, 2.24) is 15.1 Å². The number of aryl methyl sites for hydroxylation is 1. The first-order valence-electron chi connectivity index (χ1n) is 9.29. The average molecular weight is 389 g/mol. The van der Waals surface area contributed by atoms with Crippen LogP contribution in [-0.4, -0.2) is 21.7 Å². The number of anilines is 3. The van der Waals surface area contributed by atoms with Crippen LogP contribution in [0.3, 0.4) is 0 Å². The lowest BCUT2D eigenvalue weighted by molar-refractivity contribution is 0.400. The van der Waals surface area contributed by atoms with Crippen molar-refractivity contribution in [1.29, 1.82) is 0 Å². The summed E-state index contributed by atoms with van der Waals surface area (Å²) in [5.41, 5.74) is 2.37. The molecule has 0 atom stereocenters. The van der Waals surface area contributed by atoms with Gasteiger partial charge in [0.1, 0.15) is 17.4 Å². The summed E-state index contributed by atoms with van der Waals surface area (Å²) < 4.78 is 18.9. The highest BCUT2D eigenvalue weighted by atomic mass is 19.1. The van der Waals surface area contributed by atoms with Crippen molar-refractivity contribution >= 4 is 17.6 Å². The Labute approximate surface area is 167 Å². The summed E-state index contributed by atoms with van der Waals surface area (Å²) >= 11 is 0. The van der Waals surface area contributed by atoms with Crippen molar-refractivity contribution in [3.63, 3.8) is 0 Å². The Morgan fingerprint density at radius 2 is 1.72 bits per heavy atom. The van der Waals surface area contributed by atoms with Gasteiger partial charge in [-0.3, -0.25) is 0 Å². The molecular weight excluding hydrogens is 369 g/mol. The summed E-state index contributed by atoms with van der Waals surface area (Å²) in [6.45, 7) is 2.32. The molecule has 0 spiro atoms. The van der Waals surface area contributed by atoms with Gasteiger partial charge in [0.25, 0.3) is 0 Å². The molecule has 2 aromatic carbocycles. The Bertz CT molecular complexity index is 1100. The minimum absolute atomic E-state index is 0.211. The number of hydrogen-bond donors (Lipinski definition) is 2. The van der Waals surface area contributed by atoms with E-state index < -0.39 is 0 Å². The number of aromatic nitrogens is 3. The van der Waals surface area contributed by atoms with Gasteiger partial charge >= 0.3 is 0 Å². The van der Waals surface area contributed by atoms with Gasteiger partial charge in [0.15, 0.2) is 5.82 Å². The maximum atomic E-state index is 13.8. The second-order valence-electron chi connectivity index (χ2n) is 6.54. The van der Waals surface area contributed by atoms with Gasteiger partial charge in [-0.05, 0) is 25.0 Å². The van der Waals surface area contributed by atoms with E-state index in [-0.39, 0.29) is 5.82 Å². The van der Waals surface area contributed by atoms with Gasteiger partial charge in [0.2, 0.25) is 5.95 Å². The first-order valence-corrected chi connectivity index (χ1v) is 9.29. The van der Waals surface area contributed by atoms with E-state index in [4.69, 9.17) is 4.52 Å². The number of halogens is 1. The molecule has 7 heteroatoms. The Hall–Kier alpha value is -3.74. The zero-order valence-corrected chi connectivity index (χ0v) is 15.9. The molecule has 4 aromatic rings. The maximum absolute atomic E-state index is 13.8. The van der Waals surface area contributed by atoms with E-state index in [1.165, 1.54) is 6.07 Å². The predicted octanol–water partition coefficient (Wildman–Crippen LogP) is 4.98. The van der Waals surface area contributed by atoms with Crippen molar-refractivity contribution in [3.05, 3.63) is 83.9 Å². The van der Waals surface area contributed by atoms with Crippen molar-refractivity contribution < 1.29 is 8.91 Å². The molecule has 2 aromatic heterocycles. The van der Waals surface area contributed by atoms with E-state index >= 15 is 0 Å². The van der Waals surface area contributed by atoms with Gasteiger partial charge in [0.05, 0.1) is 5.69 Å². The van der Waals surface area contributed by atoms with Gasteiger partial charge in [-0.15, -0.1) is 0 Å². The number of hydrogen-bond acceptors (Lipinski definition) is 6. The van der Waals surface area contributed by atoms with Gasteiger partial charge in [0, 0.05) is 24.2 Å². The molecule has 0 radical (unpaired) electrons. The molecule has 6 nitrogen and oxygen atoms in total. The predicted molar refractivity (Wildman–Crippen MR) is 111 cm³/mol. The number of rotatable bonds is 7. The third-order valence-corrected chi connectivity index (χ3v) is 4.32. The first kappa shape index (κ1) is 18.6. The number of benzene rings is 2. The van der Waals surface area contributed by atoms with Crippen LogP contribution in [0.4, 0.5) is 22.0 Å². The van der Waals surface area contributed by atoms with Gasteiger partial charge in [-0.2, -0.15) is 4.98 Å². The summed E-state index contributed by atoms with van der Waals surface area (Å²) in [7, 11) is 0. The molecule has 29 heavy (non-hydrogen) atoms. The average Bonchev–Trinajstić information content (AvgIpc) is 3.14. The van der Waals surface area contributed by atoms with Crippen LogP contribution in [0.5, 0.6) is 0 Å². The van der Waals surface area contributed by atoms with Crippen LogP contribution >= 0.6 is 0 Å². The van der Waals surface area contributed by atoms with Gasteiger partial charge in [-0.1, -0.05) is 53.7 Å². The molecular formula is C22H20FN5O. The Balaban J connectivity index is 1.56. The van der Waals surface area contributed by atoms with Gasteiger partial charge < -0.3 is 15.2 Å². The minimum Gasteiger partial charge on any atom is -0.360 e. The van der Waals surface area contributed by atoms with E-state index in [0.717, 1.165) is 11.3 Å². The summed E-state index contributed by atoms with van der Waals surface area (Å²) in [5, 5.41) is 10.3. The molecule has 146 valence electrons. The molecule has 2 heterocycles. The molecule has 0 saturated carbocycles. The van der Waals surface area contributed by atoms with Crippen LogP contribution in [0.1, 0.15) is 11.3 Å². The maximum Gasteiger partial charge on any atom is 0.225 e. The Morgan fingerprint density at radius 3 is 2.48 bits per heavy atom. The van der Waals surface area contributed by atoms with E-state index in [1.807, 2.05) is 49.4 Å². The van der Waals surface area contributed by atoms with Crippen LogP contribution in [0.25, 0.3) is 11.3 Å². The highest BCUT2D eigenvalue weighted by Gasteiger charge is 2.09. The highest BCUT2D eigenvalue weighted by molar-refractivity contribution is 5.66. The minimum atomic E-state index is -0.211. The van der Waals surface area contributed by atoms with Crippen molar-refractivity contribution in [3.8, 4) is 11.3 Å². The van der Waals surface area contributed by atoms with E-state index in [0.29, 0.717) is 41.9 Å².